The van der Waals surface area contributed by atoms with Gasteiger partial charge in [-0.3, -0.25) is 4.79 Å². The number of carbonyl (C=O) groups is 1. The molecule has 166 valence electrons. The molecule has 0 radical (unpaired) electrons. The maximum atomic E-state index is 12.9. The van der Waals surface area contributed by atoms with Crippen molar-refractivity contribution in [2.45, 2.75) is 19.3 Å². The van der Waals surface area contributed by atoms with Crippen LogP contribution in [0.15, 0.2) is 82.0 Å². The molecule has 0 unspecified atom stereocenters. The van der Waals surface area contributed by atoms with E-state index >= 15 is 0 Å². The van der Waals surface area contributed by atoms with Crippen molar-refractivity contribution < 1.29 is 9.21 Å². The molecular formula is C27H23ClN2O3. The van der Waals surface area contributed by atoms with E-state index in [1.165, 1.54) is 19.3 Å². The summed E-state index contributed by atoms with van der Waals surface area (Å²) in [4.78, 5) is 27.7. The first-order valence-corrected chi connectivity index (χ1v) is 11.5. The molecule has 1 N–H and O–H groups in total. The van der Waals surface area contributed by atoms with E-state index < -0.39 is 5.63 Å². The standard InChI is InChI=1S/C27H23ClN2O3/c28-23-17-21(11-12-24(23)30-13-4-1-5-14-30)29-26(31)20-9-6-8-18(15-20)22-16-19-7-2-3-10-25(19)33-27(22)32/h2-3,6-12,15-17H,1,4-5,13-14H2,(H,29,31). The summed E-state index contributed by atoms with van der Waals surface area (Å²) in [5.41, 5.74) is 3.20. The number of benzene rings is 3. The van der Waals surface area contributed by atoms with Crippen molar-refractivity contribution >= 4 is 39.9 Å². The van der Waals surface area contributed by atoms with Gasteiger partial charge in [-0.15, -0.1) is 0 Å². The van der Waals surface area contributed by atoms with Crippen molar-refractivity contribution in [3.8, 4) is 11.1 Å². The number of halogens is 1. The Morgan fingerprint density at radius 2 is 1.73 bits per heavy atom. The maximum absolute atomic E-state index is 12.9. The van der Waals surface area contributed by atoms with E-state index in [-0.39, 0.29) is 5.91 Å². The molecule has 1 fully saturated rings. The van der Waals surface area contributed by atoms with Crippen LogP contribution in [0.4, 0.5) is 11.4 Å². The number of anilines is 2. The number of fused-ring (bicyclic) bond motifs is 1. The Kier molecular flexibility index (Phi) is 5.88. The second-order valence-corrected chi connectivity index (χ2v) is 8.64. The van der Waals surface area contributed by atoms with Gasteiger partial charge in [-0.05, 0) is 67.3 Å². The lowest BCUT2D eigenvalue weighted by Gasteiger charge is -2.29. The predicted molar refractivity (Wildman–Crippen MR) is 133 cm³/mol. The molecule has 1 amide bonds. The number of rotatable bonds is 4. The first-order valence-electron chi connectivity index (χ1n) is 11.1. The zero-order valence-corrected chi connectivity index (χ0v) is 18.8. The summed E-state index contributed by atoms with van der Waals surface area (Å²) < 4.78 is 5.44. The molecule has 1 aliphatic heterocycles. The van der Waals surface area contributed by atoms with Crippen LogP contribution in [-0.4, -0.2) is 19.0 Å². The zero-order chi connectivity index (χ0) is 22.8. The van der Waals surface area contributed by atoms with Crippen molar-refractivity contribution in [3.05, 3.63) is 93.8 Å². The van der Waals surface area contributed by atoms with Gasteiger partial charge in [-0.2, -0.15) is 0 Å². The van der Waals surface area contributed by atoms with Crippen molar-refractivity contribution in [2.24, 2.45) is 0 Å². The summed E-state index contributed by atoms with van der Waals surface area (Å²) in [6.07, 6.45) is 3.59. The SMILES string of the molecule is O=C(Nc1ccc(N2CCCCC2)c(Cl)c1)c1cccc(-c2cc3ccccc3oc2=O)c1. The zero-order valence-electron chi connectivity index (χ0n) is 18.0. The average Bonchev–Trinajstić information content (AvgIpc) is 2.84. The van der Waals surface area contributed by atoms with Gasteiger partial charge in [-0.25, -0.2) is 4.79 Å². The summed E-state index contributed by atoms with van der Waals surface area (Å²) in [6, 6.07) is 21.7. The molecule has 1 saturated heterocycles. The lowest BCUT2D eigenvalue weighted by Crippen LogP contribution is -2.29. The molecule has 3 aromatic carbocycles. The van der Waals surface area contributed by atoms with E-state index in [9.17, 15) is 9.59 Å². The van der Waals surface area contributed by atoms with Crippen LogP contribution >= 0.6 is 11.6 Å². The van der Waals surface area contributed by atoms with Gasteiger partial charge in [0.1, 0.15) is 5.58 Å². The monoisotopic (exact) mass is 458 g/mol. The van der Waals surface area contributed by atoms with Crippen LogP contribution in [0.2, 0.25) is 5.02 Å². The smallest absolute Gasteiger partial charge is 0.344 e. The van der Waals surface area contributed by atoms with Gasteiger partial charge in [0.05, 0.1) is 16.3 Å². The first kappa shape index (κ1) is 21.3. The van der Waals surface area contributed by atoms with Crippen LogP contribution in [-0.2, 0) is 0 Å². The Hall–Kier alpha value is -3.57. The molecule has 0 atom stereocenters. The van der Waals surface area contributed by atoms with Crippen LogP contribution in [0.25, 0.3) is 22.1 Å². The molecule has 0 saturated carbocycles. The van der Waals surface area contributed by atoms with Gasteiger partial charge < -0.3 is 14.6 Å². The minimum atomic E-state index is -0.439. The molecular weight excluding hydrogens is 436 g/mol. The number of hydrogen-bond donors (Lipinski definition) is 1. The Morgan fingerprint density at radius 3 is 2.55 bits per heavy atom. The first-order chi connectivity index (χ1) is 16.1. The third-order valence-electron chi connectivity index (χ3n) is 5.98. The second kappa shape index (κ2) is 9.12. The third-order valence-corrected chi connectivity index (χ3v) is 6.28. The van der Waals surface area contributed by atoms with Crippen molar-refractivity contribution in [1.82, 2.24) is 0 Å². The van der Waals surface area contributed by atoms with Crippen LogP contribution in [0, 0.1) is 0 Å². The Balaban J connectivity index is 1.38. The van der Waals surface area contributed by atoms with E-state index in [1.54, 1.807) is 42.5 Å². The molecule has 1 aliphatic rings. The largest absolute Gasteiger partial charge is 0.422 e. The van der Waals surface area contributed by atoms with Crippen LogP contribution < -0.4 is 15.8 Å². The second-order valence-electron chi connectivity index (χ2n) is 8.23. The van der Waals surface area contributed by atoms with Gasteiger partial charge in [0.25, 0.3) is 5.91 Å². The summed E-state index contributed by atoms with van der Waals surface area (Å²) in [5, 5.41) is 4.36. The highest BCUT2D eigenvalue weighted by Crippen LogP contribution is 2.31. The van der Waals surface area contributed by atoms with E-state index in [0.29, 0.717) is 33.0 Å². The number of nitrogens with one attached hydrogen (secondary N) is 1. The van der Waals surface area contributed by atoms with Gasteiger partial charge in [0, 0.05) is 29.7 Å². The summed E-state index contributed by atoms with van der Waals surface area (Å²) in [6.45, 7) is 2.00. The average molecular weight is 459 g/mol. The van der Waals surface area contributed by atoms with E-state index in [4.69, 9.17) is 16.0 Å². The van der Waals surface area contributed by atoms with Gasteiger partial charge in [-0.1, -0.05) is 41.9 Å². The third kappa shape index (κ3) is 4.50. The summed E-state index contributed by atoms with van der Waals surface area (Å²) in [7, 11) is 0. The predicted octanol–water partition coefficient (Wildman–Crippen LogP) is 6.36. The van der Waals surface area contributed by atoms with E-state index in [2.05, 4.69) is 10.2 Å². The van der Waals surface area contributed by atoms with E-state index in [1.807, 2.05) is 30.3 Å². The van der Waals surface area contributed by atoms with Crippen LogP contribution in [0.1, 0.15) is 29.6 Å². The van der Waals surface area contributed by atoms with Gasteiger partial charge >= 0.3 is 5.63 Å². The summed E-state index contributed by atoms with van der Waals surface area (Å²) >= 11 is 6.52. The minimum Gasteiger partial charge on any atom is -0.422 e. The van der Waals surface area contributed by atoms with Crippen molar-refractivity contribution in [1.29, 1.82) is 0 Å². The minimum absolute atomic E-state index is 0.274. The fourth-order valence-electron chi connectivity index (χ4n) is 4.27. The molecule has 5 rings (SSSR count). The highest BCUT2D eigenvalue weighted by atomic mass is 35.5. The topological polar surface area (TPSA) is 62.6 Å². The molecule has 0 spiro atoms. The number of hydrogen-bond acceptors (Lipinski definition) is 4. The fraction of sp³-hybridized carbons (Fsp3) is 0.185. The Morgan fingerprint density at radius 1 is 0.909 bits per heavy atom. The van der Waals surface area contributed by atoms with Crippen molar-refractivity contribution in [2.75, 3.05) is 23.3 Å². The number of para-hydroxylation sites is 1. The van der Waals surface area contributed by atoms with Crippen LogP contribution in [0.5, 0.6) is 0 Å². The number of piperidine rings is 1. The van der Waals surface area contributed by atoms with Crippen LogP contribution in [0.3, 0.4) is 0 Å². The fourth-order valence-corrected chi connectivity index (χ4v) is 4.57. The molecule has 4 aromatic rings. The summed E-state index contributed by atoms with van der Waals surface area (Å²) in [5.74, 6) is -0.274. The number of carbonyl (C=O) groups excluding carboxylic acids is 1. The van der Waals surface area contributed by atoms with Crippen molar-refractivity contribution in [3.63, 3.8) is 0 Å². The Bertz CT molecular complexity index is 1390. The highest BCUT2D eigenvalue weighted by Gasteiger charge is 2.16. The molecule has 0 bridgehead atoms. The molecule has 6 heteroatoms. The molecule has 0 aliphatic carbocycles. The molecule has 1 aromatic heterocycles. The number of amides is 1. The molecule has 2 heterocycles. The van der Waals surface area contributed by atoms with Gasteiger partial charge in [0.2, 0.25) is 0 Å². The quantitative estimate of drug-likeness (QED) is 0.361. The lowest BCUT2D eigenvalue weighted by atomic mass is 10.0. The highest BCUT2D eigenvalue weighted by molar-refractivity contribution is 6.33. The molecule has 5 nitrogen and oxygen atoms in total. The van der Waals surface area contributed by atoms with E-state index in [0.717, 1.165) is 24.2 Å². The maximum Gasteiger partial charge on any atom is 0.344 e. The normalized spacial score (nSPS) is 13.8. The molecule has 33 heavy (non-hydrogen) atoms. The number of nitrogens with zero attached hydrogens (tertiary/aromatic N) is 1. The van der Waals surface area contributed by atoms with Gasteiger partial charge in [0.15, 0.2) is 0 Å². The lowest BCUT2D eigenvalue weighted by molar-refractivity contribution is 0.102. The Labute approximate surface area is 196 Å².